The molecule has 6 aliphatic rings. The van der Waals surface area contributed by atoms with Crippen LogP contribution < -0.4 is 19.3 Å². The second kappa shape index (κ2) is 14.5. The molecular weight excluding hydrogens is 773 g/mol. The molecule has 3 aromatic carbocycles. The molecule has 322 valence electrons. The number of benzene rings is 3. The van der Waals surface area contributed by atoms with Crippen LogP contribution in [0.2, 0.25) is 0 Å². The zero-order chi connectivity index (χ0) is 44.3. The maximum absolute atomic E-state index is 14.7. The summed E-state index contributed by atoms with van der Waals surface area (Å²) in [4.78, 5) is 63.2. The molecule has 0 saturated heterocycles. The second-order valence-electron chi connectivity index (χ2n) is 21.8. The minimum atomic E-state index is -0.557. The highest BCUT2D eigenvalue weighted by molar-refractivity contribution is 6.10. The lowest BCUT2D eigenvalue weighted by Gasteiger charge is -2.49. The summed E-state index contributed by atoms with van der Waals surface area (Å²) in [6.07, 6.45) is 4.11. The molecule has 3 aromatic rings. The molecule has 0 atom stereocenters. The van der Waals surface area contributed by atoms with Crippen molar-refractivity contribution in [3.63, 3.8) is 0 Å². The van der Waals surface area contributed by atoms with Gasteiger partial charge in [0.1, 0.15) is 11.5 Å². The fourth-order valence-electron chi connectivity index (χ4n) is 11.7. The van der Waals surface area contributed by atoms with Crippen LogP contribution in [0.25, 0.3) is 0 Å². The molecule has 62 heavy (non-hydrogen) atoms. The van der Waals surface area contributed by atoms with E-state index in [1.807, 2.05) is 48.5 Å². The van der Waals surface area contributed by atoms with Crippen LogP contribution in [0.15, 0.2) is 118 Å². The predicted molar refractivity (Wildman–Crippen MR) is 243 cm³/mol. The fraction of sp³-hybridized carbons (Fsp3) is 0.444. The van der Waals surface area contributed by atoms with Crippen molar-refractivity contribution in [1.82, 2.24) is 0 Å². The van der Waals surface area contributed by atoms with Crippen LogP contribution in [-0.4, -0.2) is 37.4 Å². The molecule has 0 fully saturated rings. The van der Waals surface area contributed by atoms with Gasteiger partial charge in [-0.05, 0) is 82.7 Å². The van der Waals surface area contributed by atoms with E-state index >= 15 is 0 Å². The number of hydrogen-bond donors (Lipinski definition) is 0. The number of para-hydroxylation sites is 4. The van der Waals surface area contributed by atoms with Gasteiger partial charge in [0.25, 0.3) is 0 Å². The number of ketones is 4. The van der Waals surface area contributed by atoms with E-state index in [0.29, 0.717) is 85.2 Å². The first-order valence-corrected chi connectivity index (χ1v) is 22.2. The summed E-state index contributed by atoms with van der Waals surface area (Å²) in [5, 5.41) is 0. The van der Waals surface area contributed by atoms with Gasteiger partial charge in [-0.1, -0.05) is 104 Å². The number of nitrogens with zero attached hydrogens (tertiary/aromatic N) is 2. The number of anilines is 2. The molecule has 2 aliphatic heterocycles. The Balaban J connectivity index is 1.25. The van der Waals surface area contributed by atoms with E-state index in [1.165, 1.54) is 0 Å². The van der Waals surface area contributed by atoms with Crippen molar-refractivity contribution in [1.29, 1.82) is 0 Å². The van der Waals surface area contributed by atoms with Crippen LogP contribution in [0.1, 0.15) is 130 Å². The zero-order valence-corrected chi connectivity index (χ0v) is 38.1. The lowest BCUT2D eigenvalue weighted by atomic mass is 9.62. The molecule has 0 amide bonds. The van der Waals surface area contributed by atoms with Crippen molar-refractivity contribution in [3.8, 4) is 11.5 Å². The number of carbonyl (C=O) groups excluding carboxylic acids is 4. The predicted octanol–water partition coefficient (Wildman–Crippen LogP) is 11.5. The van der Waals surface area contributed by atoms with Gasteiger partial charge in [0.2, 0.25) is 0 Å². The van der Waals surface area contributed by atoms with Gasteiger partial charge in [-0.15, -0.1) is 0 Å². The van der Waals surface area contributed by atoms with Gasteiger partial charge in [-0.3, -0.25) is 19.2 Å². The molecule has 8 nitrogen and oxygen atoms in total. The summed E-state index contributed by atoms with van der Waals surface area (Å²) < 4.78 is 11.9. The van der Waals surface area contributed by atoms with Crippen molar-refractivity contribution in [3.05, 3.63) is 129 Å². The topological polar surface area (TPSA) is 93.2 Å². The lowest BCUT2D eigenvalue weighted by molar-refractivity contribution is -0.120. The molecule has 0 saturated carbocycles. The van der Waals surface area contributed by atoms with Crippen molar-refractivity contribution in [2.45, 2.75) is 119 Å². The molecule has 8 heteroatoms. The van der Waals surface area contributed by atoms with Gasteiger partial charge >= 0.3 is 0 Å². The number of Topliss-reactive ketones (excluding diaryl/α,β-unsaturated/α-hetero) is 4. The third-order valence-corrected chi connectivity index (χ3v) is 14.1. The number of ether oxygens (including phenoxy) is 2. The molecule has 0 radical (unpaired) electrons. The van der Waals surface area contributed by atoms with Crippen LogP contribution in [-0.2, 0) is 19.2 Å². The maximum atomic E-state index is 14.7. The summed E-state index contributed by atoms with van der Waals surface area (Å²) in [5.41, 5.74) is 8.56. The highest BCUT2D eigenvalue weighted by Gasteiger charge is 2.52. The van der Waals surface area contributed by atoms with Gasteiger partial charge < -0.3 is 19.3 Å². The van der Waals surface area contributed by atoms with Crippen LogP contribution in [0, 0.1) is 21.7 Å². The van der Waals surface area contributed by atoms with E-state index in [4.69, 9.17) is 9.47 Å². The largest absolute Gasteiger partial charge is 0.495 e. The van der Waals surface area contributed by atoms with E-state index in [9.17, 15) is 19.2 Å². The lowest BCUT2D eigenvalue weighted by Crippen LogP contribution is -2.45. The van der Waals surface area contributed by atoms with Crippen LogP contribution >= 0.6 is 0 Å². The van der Waals surface area contributed by atoms with Crippen LogP contribution in [0.5, 0.6) is 11.5 Å². The SMILES string of the molecule is COc1ccccc1N1C2=C(C(=O)CC(C)(C)C2)C(c2ccc(C3C4=C(CC(C)(C)CC4=O)N(c4ccccc4OC)C4=C3C(=O)CC(C)(C)C4)cc2)C2=C1CC(C)(C)CC2=O. The number of carbonyl (C=O) groups is 4. The summed E-state index contributed by atoms with van der Waals surface area (Å²) in [7, 11) is 3.32. The summed E-state index contributed by atoms with van der Waals surface area (Å²) >= 11 is 0. The van der Waals surface area contributed by atoms with Crippen molar-refractivity contribution in [2.24, 2.45) is 21.7 Å². The molecule has 0 unspecified atom stereocenters. The molecule has 0 spiro atoms. The van der Waals surface area contributed by atoms with Crippen LogP contribution in [0.4, 0.5) is 11.4 Å². The second-order valence-corrected chi connectivity index (χ2v) is 21.8. The molecule has 0 bridgehead atoms. The summed E-state index contributed by atoms with van der Waals surface area (Å²) in [6, 6.07) is 24.0. The Bertz CT molecular complexity index is 2310. The normalized spacial score (nSPS) is 23.3. The molecule has 0 N–H and O–H groups in total. The Labute approximate surface area is 366 Å². The number of hydrogen-bond acceptors (Lipinski definition) is 8. The minimum absolute atomic E-state index is 0.0496. The Morgan fingerprint density at radius 2 is 0.661 bits per heavy atom. The zero-order valence-electron chi connectivity index (χ0n) is 38.1. The Kier molecular flexibility index (Phi) is 9.81. The van der Waals surface area contributed by atoms with Crippen molar-refractivity contribution < 1.29 is 28.7 Å². The van der Waals surface area contributed by atoms with Crippen molar-refractivity contribution >= 4 is 34.5 Å². The first-order valence-electron chi connectivity index (χ1n) is 22.2. The molecule has 2 heterocycles. The average molecular weight is 833 g/mol. The first-order chi connectivity index (χ1) is 29.2. The Morgan fingerprint density at radius 3 is 0.919 bits per heavy atom. The number of allylic oxidation sites excluding steroid dienone is 8. The average Bonchev–Trinajstić information content (AvgIpc) is 3.17. The highest BCUT2D eigenvalue weighted by Crippen LogP contribution is 2.59. The first kappa shape index (κ1) is 41.8. The molecular formula is C54H60N2O6. The number of methoxy groups -OCH3 is 2. The maximum Gasteiger partial charge on any atom is 0.162 e. The van der Waals surface area contributed by atoms with Gasteiger partial charge in [0.15, 0.2) is 23.1 Å². The summed E-state index contributed by atoms with van der Waals surface area (Å²) in [6.45, 7) is 17.2. The van der Waals surface area contributed by atoms with E-state index in [-0.39, 0.29) is 44.8 Å². The van der Waals surface area contributed by atoms with Gasteiger partial charge in [0.05, 0.1) is 25.6 Å². The summed E-state index contributed by atoms with van der Waals surface area (Å²) in [5.74, 6) is 0.447. The Morgan fingerprint density at radius 1 is 0.403 bits per heavy atom. The van der Waals surface area contributed by atoms with Gasteiger partial charge in [-0.2, -0.15) is 0 Å². The third-order valence-electron chi connectivity index (χ3n) is 14.1. The Hall–Kier alpha value is -5.50. The van der Waals surface area contributed by atoms with E-state index in [0.717, 1.165) is 45.3 Å². The van der Waals surface area contributed by atoms with E-state index in [2.05, 4.69) is 89.5 Å². The minimum Gasteiger partial charge on any atom is -0.495 e. The molecule has 0 aromatic heterocycles. The third kappa shape index (κ3) is 6.89. The van der Waals surface area contributed by atoms with E-state index < -0.39 is 11.8 Å². The molecule has 4 aliphatic carbocycles. The van der Waals surface area contributed by atoms with Crippen molar-refractivity contribution in [2.75, 3.05) is 24.0 Å². The van der Waals surface area contributed by atoms with E-state index in [1.54, 1.807) is 14.2 Å². The van der Waals surface area contributed by atoms with Gasteiger partial charge in [0, 0.05) is 82.6 Å². The monoisotopic (exact) mass is 832 g/mol. The molecule has 9 rings (SSSR count). The fourth-order valence-corrected chi connectivity index (χ4v) is 11.7. The smallest absolute Gasteiger partial charge is 0.162 e. The quantitative estimate of drug-likeness (QED) is 0.242. The highest BCUT2D eigenvalue weighted by atomic mass is 16.5. The number of rotatable bonds is 6. The standard InChI is InChI=1S/C54H60N2O6/c1-51(2)23-35-47(39(57)27-51)45(48-36(24-52(3,4)28-40(48)58)55(35)33-15-11-13-17-43(33)61-9)31-19-21-32(22-20-31)46-49-37(25-53(5,6)29-41(49)59)56(34-16-12-14-18-44(34)62-10)38-26-54(7,8)30-42(60)50(38)46/h11-22,45-46H,23-30H2,1-10H3. The van der Waals surface area contributed by atoms with Gasteiger partial charge in [-0.25, -0.2) is 0 Å². The van der Waals surface area contributed by atoms with Crippen LogP contribution in [0.3, 0.4) is 0 Å².